The van der Waals surface area contributed by atoms with Crippen LogP contribution in [0, 0.1) is 5.92 Å². The van der Waals surface area contributed by atoms with Gasteiger partial charge in [-0.05, 0) is 36.0 Å². The van der Waals surface area contributed by atoms with E-state index in [1.165, 1.54) is 29.4 Å². The molecule has 202 valence electrons. The molecular formula is C34H41BN2O2. The Kier molecular flexibility index (Phi) is 11.6. The Morgan fingerprint density at radius 3 is 2.03 bits per heavy atom. The molecule has 0 aliphatic carbocycles. The van der Waals surface area contributed by atoms with Crippen LogP contribution in [0.4, 0.5) is 0 Å². The van der Waals surface area contributed by atoms with E-state index >= 15 is 0 Å². The van der Waals surface area contributed by atoms with Crippen molar-refractivity contribution in [2.24, 2.45) is 5.92 Å². The van der Waals surface area contributed by atoms with Crippen LogP contribution in [0.25, 0.3) is 11.3 Å². The molecule has 3 aromatic carbocycles. The van der Waals surface area contributed by atoms with Crippen molar-refractivity contribution in [2.45, 2.75) is 51.3 Å². The lowest BCUT2D eigenvalue weighted by atomic mass is 9.88. The Labute approximate surface area is 235 Å². The third kappa shape index (κ3) is 8.54. The monoisotopic (exact) mass is 520 g/mol. The minimum Gasteiger partial charge on any atom is -0.350 e. The maximum atomic E-state index is 5.64. The number of hydrogen-bond acceptors (Lipinski definition) is 3. The van der Waals surface area contributed by atoms with Gasteiger partial charge in [0.25, 0.3) is 0 Å². The second-order valence-electron chi connectivity index (χ2n) is 9.95. The van der Waals surface area contributed by atoms with Crippen LogP contribution in [0.2, 0.25) is 6.32 Å². The van der Waals surface area contributed by atoms with E-state index in [0.717, 1.165) is 25.1 Å². The first kappa shape index (κ1) is 28.6. The van der Waals surface area contributed by atoms with Crippen LogP contribution in [0.1, 0.15) is 43.2 Å². The molecular weight excluding hydrogens is 479 g/mol. The Morgan fingerprint density at radius 2 is 1.46 bits per heavy atom. The summed E-state index contributed by atoms with van der Waals surface area (Å²) < 4.78 is 13.5. The standard InChI is InChI=1S/C18H21B.C16H20N2O2/c19-15-9-3-8-14-18(16-10-4-1-5-11-16)17-12-6-2-7-13-17;1-2-13(16-19-8-9-20-16)11-18-12-17-10-15(18)14-6-4-3-5-7-14/h1-8,10-13,18H,9,14-15,19H2;3-7,10,12-13,16H,2,8-9,11H2,1H3. The van der Waals surface area contributed by atoms with E-state index in [9.17, 15) is 0 Å². The molecule has 0 saturated carbocycles. The van der Waals surface area contributed by atoms with Gasteiger partial charge in [-0.1, -0.05) is 116 Å². The maximum Gasteiger partial charge on any atom is 0.162 e. The van der Waals surface area contributed by atoms with Crippen LogP contribution in [-0.4, -0.2) is 36.9 Å². The zero-order valence-electron chi connectivity index (χ0n) is 23.4. The van der Waals surface area contributed by atoms with Crippen molar-refractivity contribution >= 4 is 7.85 Å². The zero-order valence-corrected chi connectivity index (χ0v) is 23.4. The summed E-state index contributed by atoms with van der Waals surface area (Å²) in [6, 6.07) is 31.9. The van der Waals surface area contributed by atoms with Crippen molar-refractivity contribution in [3.63, 3.8) is 0 Å². The van der Waals surface area contributed by atoms with Crippen molar-refractivity contribution in [2.75, 3.05) is 13.2 Å². The SMILES string of the molecule is BCCC=CCC(c1ccccc1)c1ccccc1.CCC(Cn1cncc1-c1ccccc1)C1OCCO1. The van der Waals surface area contributed by atoms with Gasteiger partial charge in [-0.25, -0.2) is 4.98 Å². The van der Waals surface area contributed by atoms with Gasteiger partial charge in [0.1, 0.15) is 7.85 Å². The molecule has 0 N–H and O–H groups in total. The minimum atomic E-state index is -0.0778. The second kappa shape index (κ2) is 15.9. The number of aromatic nitrogens is 2. The summed E-state index contributed by atoms with van der Waals surface area (Å²) in [5.41, 5.74) is 5.12. The quantitative estimate of drug-likeness (QED) is 0.156. The van der Waals surface area contributed by atoms with E-state index in [-0.39, 0.29) is 6.29 Å². The first-order valence-corrected chi connectivity index (χ1v) is 14.3. The molecule has 5 rings (SSSR count). The largest absolute Gasteiger partial charge is 0.350 e. The number of hydrogen-bond donors (Lipinski definition) is 0. The number of ether oxygens (including phenoxy) is 2. The lowest BCUT2D eigenvalue weighted by Crippen LogP contribution is -2.25. The molecule has 0 radical (unpaired) electrons. The van der Waals surface area contributed by atoms with Gasteiger partial charge in [0.15, 0.2) is 6.29 Å². The van der Waals surface area contributed by atoms with Gasteiger partial charge in [-0.3, -0.25) is 0 Å². The molecule has 0 spiro atoms. The molecule has 0 bridgehead atoms. The number of imidazole rings is 1. The van der Waals surface area contributed by atoms with Crippen LogP contribution in [0.5, 0.6) is 0 Å². The van der Waals surface area contributed by atoms with Crippen molar-refractivity contribution in [3.8, 4) is 11.3 Å². The third-order valence-corrected chi connectivity index (χ3v) is 7.17. The van der Waals surface area contributed by atoms with Gasteiger partial charge in [0.05, 0.1) is 31.4 Å². The van der Waals surface area contributed by atoms with Crippen LogP contribution in [-0.2, 0) is 16.0 Å². The fraction of sp³-hybridized carbons (Fsp3) is 0.324. The normalized spacial score (nSPS) is 14.4. The molecule has 1 aliphatic heterocycles. The molecule has 1 unspecified atom stereocenters. The Bertz CT molecular complexity index is 1180. The first-order valence-electron chi connectivity index (χ1n) is 14.3. The summed E-state index contributed by atoms with van der Waals surface area (Å²) in [5, 5.41) is 0. The van der Waals surface area contributed by atoms with E-state index in [2.05, 4.69) is 109 Å². The van der Waals surface area contributed by atoms with E-state index in [0.29, 0.717) is 25.0 Å². The fourth-order valence-electron chi connectivity index (χ4n) is 4.98. The highest BCUT2D eigenvalue weighted by Crippen LogP contribution is 2.28. The molecule has 1 saturated heterocycles. The molecule has 2 heterocycles. The first-order chi connectivity index (χ1) is 19.3. The van der Waals surface area contributed by atoms with Crippen molar-refractivity contribution < 1.29 is 9.47 Å². The predicted octanol–water partition coefficient (Wildman–Crippen LogP) is 7.16. The molecule has 0 amide bonds. The molecule has 1 aliphatic rings. The summed E-state index contributed by atoms with van der Waals surface area (Å²) in [5.74, 6) is 0.824. The third-order valence-electron chi connectivity index (χ3n) is 7.17. The molecule has 1 atom stereocenters. The van der Waals surface area contributed by atoms with Gasteiger partial charge in [0, 0.05) is 18.4 Å². The zero-order chi connectivity index (χ0) is 27.1. The highest BCUT2D eigenvalue weighted by molar-refractivity contribution is 6.08. The van der Waals surface area contributed by atoms with Crippen LogP contribution >= 0.6 is 0 Å². The average molecular weight is 521 g/mol. The van der Waals surface area contributed by atoms with Gasteiger partial charge < -0.3 is 14.0 Å². The van der Waals surface area contributed by atoms with E-state index in [4.69, 9.17) is 9.47 Å². The smallest absolute Gasteiger partial charge is 0.162 e. The fourth-order valence-corrected chi connectivity index (χ4v) is 4.98. The van der Waals surface area contributed by atoms with Gasteiger partial charge in [0.2, 0.25) is 0 Å². The van der Waals surface area contributed by atoms with Gasteiger partial charge in [-0.2, -0.15) is 0 Å². The molecule has 4 nitrogen and oxygen atoms in total. The summed E-state index contributed by atoms with van der Waals surface area (Å²) >= 11 is 0. The number of rotatable bonds is 11. The summed E-state index contributed by atoms with van der Waals surface area (Å²) in [6.07, 6.45) is 12.9. The van der Waals surface area contributed by atoms with Crippen molar-refractivity contribution in [3.05, 3.63) is 127 Å². The Hall–Kier alpha value is -3.41. The molecule has 5 heteroatoms. The molecule has 1 fully saturated rings. The van der Waals surface area contributed by atoms with Crippen LogP contribution in [0.15, 0.2) is 116 Å². The number of nitrogens with zero attached hydrogens (tertiary/aromatic N) is 2. The number of benzene rings is 3. The highest BCUT2D eigenvalue weighted by Gasteiger charge is 2.26. The summed E-state index contributed by atoms with van der Waals surface area (Å²) in [7, 11) is 2.22. The van der Waals surface area contributed by atoms with E-state index in [1.54, 1.807) is 0 Å². The maximum absolute atomic E-state index is 5.64. The van der Waals surface area contributed by atoms with E-state index in [1.807, 2.05) is 30.7 Å². The van der Waals surface area contributed by atoms with Gasteiger partial charge in [-0.15, -0.1) is 0 Å². The lowest BCUT2D eigenvalue weighted by molar-refractivity contribution is -0.0883. The van der Waals surface area contributed by atoms with Crippen molar-refractivity contribution in [1.82, 2.24) is 9.55 Å². The van der Waals surface area contributed by atoms with Gasteiger partial charge >= 0.3 is 0 Å². The molecule has 39 heavy (non-hydrogen) atoms. The lowest BCUT2D eigenvalue weighted by Gasteiger charge is -2.22. The minimum absolute atomic E-state index is 0.0778. The Morgan fingerprint density at radius 1 is 0.872 bits per heavy atom. The predicted molar refractivity (Wildman–Crippen MR) is 164 cm³/mol. The highest BCUT2D eigenvalue weighted by atomic mass is 16.7. The van der Waals surface area contributed by atoms with Crippen molar-refractivity contribution in [1.29, 1.82) is 0 Å². The van der Waals surface area contributed by atoms with Crippen LogP contribution < -0.4 is 0 Å². The summed E-state index contributed by atoms with van der Waals surface area (Å²) in [4.78, 5) is 4.29. The second-order valence-corrected chi connectivity index (χ2v) is 9.95. The topological polar surface area (TPSA) is 36.3 Å². The number of allylic oxidation sites excluding steroid dienone is 2. The summed E-state index contributed by atoms with van der Waals surface area (Å²) in [6.45, 7) is 4.45. The average Bonchev–Trinajstić information content (AvgIpc) is 3.70. The molecule has 4 aromatic rings. The Balaban J connectivity index is 0.000000181. The van der Waals surface area contributed by atoms with Crippen LogP contribution in [0.3, 0.4) is 0 Å². The molecule has 1 aromatic heterocycles. The van der Waals surface area contributed by atoms with E-state index < -0.39 is 0 Å².